The third-order valence-corrected chi connectivity index (χ3v) is 3.44. The molecule has 0 aromatic carbocycles. The van der Waals surface area contributed by atoms with E-state index in [0.29, 0.717) is 6.04 Å². The molecule has 5 nitrogen and oxygen atoms in total. The molecule has 0 unspecified atom stereocenters. The maximum absolute atomic E-state index is 11.7. The summed E-state index contributed by atoms with van der Waals surface area (Å²) in [6, 6.07) is 0.850. The molecule has 0 heterocycles. The molecule has 1 aliphatic carbocycles. The van der Waals surface area contributed by atoms with E-state index in [1.54, 1.807) is 0 Å². The van der Waals surface area contributed by atoms with Gasteiger partial charge in [-0.1, -0.05) is 0 Å². The minimum atomic E-state index is -0.422. The van der Waals surface area contributed by atoms with Gasteiger partial charge in [-0.3, -0.25) is 0 Å². The van der Waals surface area contributed by atoms with Crippen LogP contribution in [-0.2, 0) is 4.74 Å². The first-order valence-electron chi connectivity index (χ1n) is 7.64. The van der Waals surface area contributed by atoms with Crippen molar-refractivity contribution in [2.24, 2.45) is 0 Å². The van der Waals surface area contributed by atoms with E-state index in [1.165, 1.54) is 0 Å². The SMILES string of the molecule is CN(C)CCNC1CCC(NC(=O)OC(C)(C)C)CC1. The van der Waals surface area contributed by atoms with E-state index >= 15 is 0 Å². The minimum Gasteiger partial charge on any atom is -0.444 e. The van der Waals surface area contributed by atoms with Gasteiger partial charge in [-0.25, -0.2) is 4.79 Å². The monoisotopic (exact) mass is 285 g/mol. The second-order valence-electron chi connectivity index (χ2n) is 6.95. The van der Waals surface area contributed by atoms with E-state index in [4.69, 9.17) is 4.74 Å². The first kappa shape index (κ1) is 17.2. The Kier molecular flexibility index (Phi) is 6.76. The van der Waals surface area contributed by atoms with E-state index in [2.05, 4.69) is 29.6 Å². The van der Waals surface area contributed by atoms with Crippen molar-refractivity contribution in [3.05, 3.63) is 0 Å². The van der Waals surface area contributed by atoms with Crippen LogP contribution in [0.5, 0.6) is 0 Å². The normalized spacial score (nSPS) is 23.7. The lowest BCUT2D eigenvalue weighted by Gasteiger charge is -2.30. The third kappa shape index (κ3) is 7.70. The molecule has 20 heavy (non-hydrogen) atoms. The highest BCUT2D eigenvalue weighted by molar-refractivity contribution is 5.68. The summed E-state index contributed by atoms with van der Waals surface area (Å²) in [7, 11) is 4.17. The molecule has 0 saturated heterocycles. The van der Waals surface area contributed by atoms with Crippen molar-refractivity contribution in [1.82, 2.24) is 15.5 Å². The molecular weight excluding hydrogens is 254 g/mol. The maximum Gasteiger partial charge on any atom is 0.407 e. The summed E-state index contributed by atoms with van der Waals surface area (Å²) in [5.41, 5.74) is -0.422. The lowest BCUT2D eigenvalue weighted by atomic mass is 9.91. The average Bonchev–Trinajstić information content (AvgIpc) is 2.28. The number of ether oxygens (including phenoxy) is 1. The van der Waals surface area contributed by atoms with Crippen LogP contribution in [0.2, 0.25) is 0 Å². The topological polar surface area (TPSA) is 53.6 Å². The van der Waals surface area contributed by atoms with Crippen LogP contribution in [0.15, 0.2) is 0 Å². The van der Waals surface area contributed by atoms with Crippen LogP contribution in [0.1, 0.15) is 46.5 Å². The van der Waals surface area contributed by atoms with Crippen molar-refractivity contribution >= 4 is 6.09 Å². The van der Waals surface area contributed by atoms with Gasteiger partial charge in [0.2, 0.25) is 0 Å². The molecule has 1 aliphatic rings. The van der Waals surface area contributed by atoms with Gasteiger partial charge in [-0.2, -0.15) is 0 Å². The lowest BCUT2D eigenvalue weighted by Crippen LogP contribution is -2.44. The quantitative estimate of drug-likeness (QED) is 0.811. The molecule has 1 saturated carbocycles. The fourth-order valence-electron chi connectivity index (χ4n) is 2.41. The van der Waals surface area contributed by atoms with E-state index in [-0.39, 0.29) is 12.1 Å². The number of hydrogen-bond acceptors (Lipinski definition) is 4. The van der Waals surface area contributed by atoms with Crippen LogP contribution < -0.4 is 10.6 Å². The summed E-state index contributed by atoms with van der Waals surface area (Å²) in [6.45, 7) is 7.76. The van der Waals surface area contributed by atoms with Gasteiger partial charge in [0.15, 0.2) is 0 Å². The van der Waals surface area contributed by atoms with Crippen molar-refractivity contribution in [2.75, 3.05) is 27.2 Å². The van der Waals surface area contributed by atoms with E-state index in [1.807, 2.05) is 20.8 Å². The fraction of sp³-hybridized carbons (Fsp3) is 0.933. The molecule has 5 heteroatoms. The van der Waals surface area contributed by atoms with Crippen molar-refractivity contribution in [1.29, 1.82) is 0 Å². The third-order valence-electron chi connectivity index (χ3n) is 3.44. The van der Waals surface area contributed by atoms with Crippen LogP contribution in [0.25, 0.3) is 0 Å². The molecule has 2 N–H and O–H groups in total. The molecule has 0 radical (unpaired) electrons. The highest BCUT2D eigenvalue weighted by Gasteiger charge is 2.24. The fourth-order valence-corrected chi connectivity index (χ4v) is 2.41. The van der Waals surface area contributed by atoms with Crippen molar-refractivity contribution in [3.8, 4) is 0 Å². The first-order valence-corrected chi connectivity index (χ1v) is 7.64. The van der Waals surface area contributed by atoms with Gasteiger partial charge in [-0.05, 0) is 60.5 Å². The summed E-state index contributed by atoms with van der Waals surface area (Å²) >= 11 is 0. The van der Waals surface area contributed by atoms with Gasteiger partial charge in [0.1, 0.15) is 5.60 Å². The van der Waals surface area contributed by atoms with Crippen LogP contribution in [0.3, 0.4) is 0 Å². The summed E-state index contributed by atoms with van der Waals surface area (Å²) < 4.78 is 5.29. The molecule has 0 aromatic heterocycles. The second kappa shape index (κ2) is 7.84. The van der Waals surface area contributed by atoms with Gasteiger partial charge < -0.3 is 20.3 Å². The Morgan fingerprint density at radius 3 is 2.20 bits per heavy atom. The Morgan fingerprint density at radius 2 is 1.70 bits per heavy atom. The number of rotatable bonds is 5. The Balaban J connectivity index is 2.17. The highest BCUT2D eigenvalue weighted by atomic mass is 16.6. The smallest absolute Gasteiger partial charge is 0.407 e. The Bertz CT molecular complexity index is 292. The number of amides is 1. The second-order valence-corrected chi connectivity index (χ2v) is 6.95. The Hall–Kier alpha value is -0.810. The van der Waals surface area contributed by atoms with Crippen molar-refractivity contribution in [3.63, 3.8) is 0 Å². The molecule has 0 atom stereocenters. The minimum absolute atomic E-state index is 0.261. The number of carbonyl (C=O) groups excluding carboxylic acids is 1. The predicted octanol–water partition coefficient (Wildman–Crippen LogP) is 1.97. The number of nitrogens with zero attached hydrogens (tertiary/aromatic N) is 1. The number of likely N-dealkylation sites (N-methyl/N-ethyl adjacent to an activating group) is 1. The van der Waals surface area contributed by atoms with Crippen LogP contribution >= 0.6 is 0 Å². The molecule has 1 amide bonds. The molecule has 1 rings (SSSR count). The van der Waals surface area contributed by atoms with Crippen molar-refractivity contribution in [2.45, 2.75) is 64.1 Å². The Morgan fingerprint density at radius 1 is 1.15 bits per heavy atom. The first-order chi connectivity index (χ1) is 9.26. The lowest BCUT2D eigenvalue weighted by molar-refractivity contribution is 0.0489. The van der Waals surface area contributed by atoms with Gasteiger partial charge in [0.05, 0.1) is 0 Å². The van der Waals surface area contributed by atoms with Gasteiger partial charge in [0.25, 0.3) is 0 Å². The largest absolute Gasteiger partial charge is 0.444 e. The van der Waals surface area contributed by atoms with Crippen molar-refractivity contribution < 1.29 is 9.53 Å². The Labute approximate surface area is 123 Å². The molecule has 0 aromatic rings. The van der Waals surface area contributed by atoms with Gasteiger partial charge in [-0.15, -0.1) is 0 Å². The zero-order valence-electron chi connectivity index (χ0n) is 13.7. The summed E-state index contributed by atoms with van der Waals surface area (Å²) in [5.74, 6) is 0. The summed E-state index contributed by atoms with van der Waals surface area (Å²) in [5, 5.41) is 6.55. The zero-order chi connectivity index (χ0) is 15.2. The van der Waals surface area contributed by atoms with Crippen LogP contribution in [-0.4, -0.2) is 55.9 Å². The summed E-state index contributed by atoms with van der Waals surface area (Å²) in [6.07, 6.45) is 4.00. The highest BCUT2D eigenvalue weighted by Crippen LogP contribution is 2.19. The number of hydrogen-bond donors (Lipinski definition) is 2. The van der Waals surface area contributed by atoms with Crippen LogP contribution in [0.4, 0.5) is 4.79 Å². The molecule has 0 spiro atoms. The van der Waals surface area contributed by atoms with Crippen LogP contribution in [0, 0.1) is 0 Å². The number of alkyl carbamates (subject to hydrolysis) is 1. The molecule has 0 bridgehead atoms. The predicted molar refractivity (Wildman–Crippen MR) is 82.0 cm³/mol. The zero-order valence-corrected chi connectivity index (χ0v) is 13.7. The van der Waals surface area contributed by atoms with E-state index in [0.717, 1.165) is 38.8 Å². The molecule has 1 fully saturated rings. The molecular formula is C15H31N3O2. The van der Waals surface area contributed by atoms with Gasteiger partial charge in [0, 0.05) is 25.2 Å². The van der Waals surface area contributed by atoms with Gasteiger partial charge >= 0.3 is 6.09 Å². The molecule has 118 valence electrons. The van der Waals surface area contributed by atoms with E-state index in [9.17, 15) is 4.79 Å². The summed E-state index contributed by atoms with van der Waals surface area (Å²) in [4.78, 5) is 13.9. The maximum atomic E-state index is 11.7. The number of nitrogens with one attached hydrogen (secondary N) is 2. The van der Waals surface area contributed by atoms with E-state index < -0.39 is 5.60 Å². The average molecular weight is 285 g/mol. The molecule has 0 aliphatic heterocycles. The number of carbonyl (C=O) groups is 1. The standard InChI is InChI=1S/C15H31N3O2/c1-15(2,3)20-14(19)17-13-8-6-12(7-9-13)16-10-11-18(4)5/h12-13,16H,6-11H2,1-5H3,(H,17,19).